The largest absolute Gasteiger partial charge is 0.371 e. The average molecular weight is 343 g/mol. The molecule has 2 aliphatic heterocycles. The lowest BCUT2D eigenvalue weighted by molar-refractivity contribution is -0.104. The SMILES string of the molecule is Cc1cc(C(=O)N2CCOC3(CCS(=O)(=O)CC3)C2)sc1C. The van der Waals surface area contributed by atoms with E-state index in [2.05, 4.69) is 0 Å². The molecule has 1 spiro atoms. The van der Waals surface area contributed by atoms with Crippen molar-refractivity contribution in [3.63, 3.8) is 0 Å². The number of sulfone groups is 1. The summed E-state index contributed by atoms with van der Waals surface area (Å²) in [5.74, 6) is 0.357. The minimum atomic E-state index is -2.93. The molecule has 0 atom stereocenters. The van der Waals surface area contributed by atoms with Crippen LogP contribution in [-0.2, 0) is 14.6 Å². The molecule has 3 heterocycles. The van der Waals surface area contributed by atoms with Crippen LogP contribution in [0.3, 0.4) is 0 Å². The lowest BCUT2D eigenvalue weighted by Crippen LogP contribution is -2.56. The van der Waals surface area contributed by atoms with E-state index >= 15 is 0 Å². The summed E-state index contributed by atoms with van der Waals surface area (Å²) >= 11 is 1.52. The number of thiophene rings is 1. The Morgan fingerprint density at radius 2 is 2.00 bits per heavy atom. The summed E-state index contributed by atoms with van der Waals surface area (Å²) in [4.78, 5) is 16.4. The molecule has 122 valence electrons. The van der Waals surface area contributed by atoms with Crippen molar-refractivity contribution in [2.24, 2.45) is 0 Å². The summed E-state index contributed by atoms with van der Waals surface area (Å²) < 4.78 is 29.1. The first kappa shape index (κ1) is 16.0. The topological polar surface area (TPSA) is 63.7 Å². The molecule has 0 radical (unpaired) electrons. The zero-order valence-corrected chi connectivity index (χ0v) is 14.6. The van der Waals surface area contributed by atoms with Crippen molar-refractivity contribution >= 4 is 27.1 Å². The van der Waals surface area contributed by atoms with E-state index in [9.17, 15) is 13.2 Å². The minimum absolute atomic E-state index is 0.0392. The van der Waals surface area contributed by atoms with Crippen LogP contribution in [-0.4, -0.2) is 56.0 Å². The van der Waals surface area contributed by atoms with Crippen molar-refractivity contribution in [3.8, 4) is 0 Å². The van der Waals surface area contributed by atoms with Crippen LogP contribution in [0.2, 0.25) is 0 Å². The molecule has 0 aliphatic carbocycles. The van der Waals surface area contributed by atoms with Gasteiger partial charge < -0.3 is 9.64 Å². The molecule has 0 saturated carbocycles. The number of hydrogen-bond acceptors (Lipinski definition) is 5. The van der Waals surface area contributed by atoms with E-state index in [0.717, 1.165) is 15.3 Å². The second kappa shape index (κ2) is 5.62. The summed E-state index contributed by atoms with van der Waals surface area (Å²) in [6.07, 6.45) is 0.975. The molecule has 5 nitrogen and oxygen atoms in total. The van der Waals surface area contributed by atoms with Gasteiger partial charge in [0.1, 0.15) is 0 Å². The van der Waals surface area contributed by atoms with Gasteiger partial charge in [0, 0.05) is 11.4 Å². The Balaban J connectivity index is 1.74. The Morgan fingerprint density at radius 3 is 2.59 bits per heavy atom. The predicted molar refractivity (Wildman–Crippen MR) is 86.3 cm³/mol. The molecule has 22 heavy (non-hydrogen) atoms. The molecule has 7 heteroatoms. The summed E-state index contributed by atoms with van der Waals surface area (Å²) in [7, 11) is -2.93. The number of amides is 1. The van der Waals surface area contributed by atoms with Crippen molar-refractivity contribution in [1.82, 2.24) is 4.90 Å². The van der Waals surface area contributed by atoms with E-state index in [4.69, 9.17) is 4.74 Å². The van der Waals surface area contributed by atoms with Gasteiger partial charge in [-0.3, -0.25) is 4.79 Å². The van der Waals surface area contributed by atoms with Crippen LogP contribution in [0.5, 0.6) is 0 Å². The van der Waals surface area contributed by atoms with E-state index in [-0.39, 0.29) is 17.4 Å². The monoisotopic (exact) mass is 343 g/mol. The molecule has 2 fully saturated rings. The Bertz CT molecular complexity index is 659. The number of hydrogen-bond donors (Lipinski definition) is 0. The maximum atomic E-state index is 12.7. The minimum Gasteiger partial charge on any atom is -0.371 e. The third-order valence-corrected chi connectivity index (χ3v) is 7.44. The number of aryl methyl sites for hydroxylation is 2. The zero-order chi connectivity index (χ0) is 16.0. The average Bonchev–Trinajstić information content (AvgIpc) is 2.82. The second-order valence-corrected chi connectivity index (χ2v) is 9.82. The van der Waals surface area contributed by atoms with E-state index in [1.807, 2.05) is 24.8 Å². The van der Waals surface area contributed by atoms with Crippen LogP contribution >= 0.6 is 11.3 Å². The van der Waals surface area contributed by atoms with Gasteiger partial charge in [0.2, 0.25) is 0 Å². The Kier molecular flexibility index (Phi) is 4.07. The first-order valence-electron chi connectivity index (χ1n) is 7.51. The van der Waals surface area contributed by atoms with Crippen LogP contribution in [0.4, 0.5) is 0 Å². The van der Waals surface area contributed by atoms with Gasteiger partial charge in [0.05, 0.1) is 35.1 Å². The maximum Gasteiger partial charge on any atom is 0.264 e. The van der Waals surface area contributed by atoms with E-state index < -0.39 is 15.4 Å². The molecular formula is C15H21NO4S2. The fourth-order valence-electron chi connectivity index (χ4n) is 3.07. The highest BCUT2D eigenvalue weighted by Crippen LogP contribution is 2.32. The van der Waals surface area contributed by atoms with E-state index in [1.165, 1.54) is 11.3 Å². The van der Waals surface area contributed by atoms with Crippen molar-refractivity contribution < 1.29 is 17.9 Å². The highest BCUT2D eigenvalue weighted by Gasteiger charge is 2.43. The van der Waals surface area contributed by atoms with Crippen molar-refractivity contribution in [2.45, 2.75) is 32.3 Å². The molecule has 0 unspecified atom stereocenters. The van der Waals surface area contributed by atoms with Crippen LogP contribution in [0.25, 0.3) is 0 Å². The molecule has 1 aromatic rings. The quantitative estimate of drug-likeness (QED) is 0.780. The van der Waals surface area contributed by atoms with Gasteiger partial charge in [0.15, 0.2) is 9.84 Å². The van der Waals surface area contributed by atoms with Gasteiger partial charge in [-0.15, -0.1) is 11.3 Å². The van der Waals surface area contributed by atoms with Gasteiger partial charge >= 0.3 is 0 Å². The smallest absolute Gasteiger partial charge is 0.264 e. The van der Waals surface area contributed by atoms with Gasteiger partial charge in [0.25, 0.3) is 5.91 Å². The van der Waals surface area contributed by atoms with Crippen LogP contribution in [0, 0.1) is 13.8 Å². The predicted octanol–water partition coefficient (Wildman–Crippen LogP) is 1.78. The van der Waals surface area contributed by atoms with Crippen LogP contribution < -0.4 is 0 Å². The molecule has 2 aliphatic rings. The molecule has 0 aromatic carbocycles. The Labute approximate surface area is 135 Å². The van der Waals surface area contributed by atoms with Gasteiger partial charge in [-0.05, 0) is 38.3 Å². The Morgan fingerprint density at radius 1 is 1.32 bits per heavy atom. The first-order chi connectivity index (χ1) is 10.3. The molecule has 3 rings (SSSR count). The second-order valence-electron chi connectivity index (χ2n) is 6.26. The lowest BCUT2D eigenvalue weighted by Gasteiger charge is -2.44. The molecule has 2 saturated heterocycles. The standard InChI is InChI=1S/C15H21NO4S2/c1-11-9-13(21-12(11)2)14(17)16-5-6-20-15(10-16)3-7-22(18,19)8-4-15/h9H,3-8,10H2,1-2H3. The molecule has 0 N–H and O–H groups in total. The van der Waals surface area contributed by atoms with Crippen molar-refractivity contribution in [2.75, 3.05) is 31.2 Å². The highest BCUT2D eigenvalue weighted by molar-refractivity contribution is 7.91. The normalized spacial score (nSPS) is 23.6. The third-order valence-electron chi connectivity index (χ3n) is 4.65. The third kappa shape index (κ3) is 3.07. The number of carbonyl (C=O) groups excluding carboxylic acids is 1. The molecule has 1 amide bonds. The van der Waals surface area contributed by atoms with Crippen LogP contribution in [0.15, 0.2) is 6.07 Å². The van der Waals surface area contributed by atoms with E-state index in [0.29, 0.717) is 32.5 Å². The first-order valence-corrected chi connectivity index (χ1v) is 10.1. The Hall–Kier alpha value is -0.920. The summed E-state index contributed by atoms with van der Waals surface area (Å²) in [6, 6.07) is 1.94. The van der Waals surface area contributed by atoms with Gasteiger partial charge in [-0.2, -0.15) is 0 Å². The molecular weight excluding hydrogens is 322 g/mol. The number of nitrogens with zero attached hydrogens (tertiary/aromatic N) is 1. The van der Waals surface area contributed by atoms with Gasteiger partial charge in [-0.1, -0.05) is 0 Å². The lowest BCUT2D eigenvalue weighted by atomic mass is 9.94. The molecule has 0 bridgehead atoms. The summed E-state index contributed by atoms with van der Waals surface area (Å²) in [5.41, 5.74) is 0.667. The van der Waals surface area contributed by atoms with Crippen molar-refractivity contribution in [3.05, 3.63) is 21.4 Å². The number of rotatable bonds is 1. The molecule has 1 aromatic heterocycles. The van der Waals surface area contributed by atoms with E-state index in [1.54, 1.807) is 0 Å². The fraction of sp³-hybridized carbons (Fsp3) is 0.667. The summed E-state index contributed by atoms with van der Waals surface area (Å²) in [5, 5.41) is 0. The van der Waals surface area contributed by atoms with Gasteiger partial charge in [-0.25, -0.2) is 8.42 Å². The zero-order valence-electron chi connectivity index (χ0n) is 12.9. The number of carbonyl (C=O) groups is 1. The maximum absolute atomic E-state index is 12.7. The van der Waals surface area contributed by atoms with Crippen molar-refractivity contribution in [1.29, 1.82) is 0 Å². The van der Waals surface area contributed by atoms with Crippen LogP contribution in [0.1, 0.15) is 33.0 Å². The fourth-order valence-corrected chi connectivity index (χ4v) is 5.64. The number of morpholine rings is 1. The number of ether oxygens (including phenoxy) is 1. The summed E-state index contributed by atoms with van der Waals surface area (Å²) in [6.45, 7) is 5.58. The highest BCUT2D eigenvalue weighted by atomic mass is 32.2.